The van der Waals surface area contributed by atoms with Gasteiger partial charge in [-0.1, -0.05) is 24.3 Å². The monoisotopic (exact) mass is 392 g/mol. The molecule has 2 aromatic carbocycles. The van der Waals surface area contributed by atoms with Crippen LogP contribution in [0.15, 0.2) is 53.5 Å². The van der Waals surface area contributed by atoms with Gasteiger partial charge in [-0.15, -0.1) is 12.4 Å². The Balaban J connectivity index is 0.00000182. The van der Waals surface area contributed by atoms with Crippen molar-refractivity contribution in [3.63, 3.8) is 0 Å². The zero-order valence-corrected chi connectivity index (χ0v) is 15.1. The zero-order valence-electron chi connectivity index (χ0n) is 14.2. The Kier molecular flexibility index (Phi) is 6.81. The summed E-state index contributed by atoms with van der Waals surface area (Å²) >= 11 is 0. The minimum Gasteiger partial charge on any atom is -0.412 e. The number of nitrogens with two attached hydrogens (primary N) is 1. The number of nitrogens with zero attached hydrogens (tertiary/aromatic N) is 1. The third-order valence-electron chi connectivity index (χ3n) is 3.85. The minimum atomic E-state index is -0.619. The Hall–Kier alpha value is -3.23. The van der Waals surface area contributed by atoms with E-state index in [2.05, 4.69) is 5.32 Å². The number of pyridine rings is 1. The summed E-state index contributed by atoms with van der Waals surface area (Å²) < 4.78 is 14.9. The number of aryl methyl sites for hydroxylation is 1. The number of fused-ring (bicyclic) bond motifs is 1. The average molecular weight is 393 g/mol. The lowest BCUT2D eigenvalue weighted by Crippen LogP contribution is -2.36. The number of carbonyl (C=O) groups is 1. The molecule has 0 spiro atoms. The molecule has 0 aliphatic carbocycles. The van der Waals surface area contributed by atoms with E-state index in [0.29, 0.717) is 22.0 Å². The van der Waals surface area contributed by atoms with Gasteiger partial charge in [-0.3, -0.25) is 24.9 Å². The molecule has 142 valence electrons. The maximum Gasteiger partial charge on any atom is 0.263 e. The van der Waals surface area contributed by atoms with Crippen LogP contribution in [-0.4, -0.2) is 21.9 Å². The summed E-state index contributed by atoms with van der Waals surface area (Å²) in [7, 11) is 0. The SMILES string of the molecule is Cc1ccc(F)cc1-n1cc(C(=O)NC(=N)N)c2ccccc2c1=O.Cl.O. The molecule has 27 heavy (non-hydrogen) atoms. The molecular formula is C18H18ClFN4O3. The molecule has 3 rings (SSSR count). The van der Waals surface area contributed by atoms with Crippen molar-refractivity contribution in [3.05, 3.63) is 76.0 Å². The number of rotatable bonds is 2. The number of hydrogen-bond donors (Lipinski definition) is 3. The van der Waals surface area contributed by atoms with E-state index in [-0.39, 0.29) is 29.0 Å². The molecule has 0 unspecified atom stereocenters. The van der Waals surface area contributed by atoms with Crippen LogP contribution >= 0.6 is 12.4 Å². The lowest BCUT2D eigenvalue weighted by molar-refractivity contribution is 0.0977. The normalized spacial score (nSPS) is 9.85. The van der Waals surface area contributed by atoms with Gasteiger partial charge in [-0.25, -0.2) is 4.39 Å². The summed E-state index contributed by atoms with van der Waals surface area (Å²) in [5.41, 5.74) is 6.04. The fraction of sp³-hybridized carbons (Fsp3) is 0.0556. The van der Waals surface area contributed by atoms with Crippen molar-refractivity contribution in [3.8, 4) is 5.69 Å². The molecule has 1 heterocycles. The summed E-state index contributed by atoms with van der Waals surface area (Å²) in [6.45, 7) is 1.74. The van der Waals surface area contributed by atoms with Crippen LogP contribution < -0.4 is 16.6 Å². The Morgan fingerprint density at radius 1 is 1.19 bits per heavy atom. The molecule has 1 aromatic heterocycles. The predicted octanol–water partition coefficient (Wildman–Crippen LogP) is 1.66. The predicted molar refractivity (Wildman–Crippen MR) is 104 cm³/mol. The lowest BCUT2D eigenvalue weighted by Gasteiger charge is -2.14. The van der Waals surface area contributed by atoms with Gasteiger partial charge in [0.05, 0.1) is 11.3 Å². The smallest absolute Gasteiger partial charge is 0.263 e. The van der Waals surface area contributed by atoms with Gasteiger partial charge in [0.25, 0.3) is 11.5 Å². The van der Waals surface area contributed by atoms with E-state index in [0.717, 1.165) is 0 Å². The Morgan fingerprint density at radius 2 is 1.81 bits per heavy atom. The van der Waals surface area contributed by atoms with Crippen LogP contribution in [0.4, 0.5) is 4.39 Å². The highest BCUT2D eigenvalue weighted by molar-refractivity contribution is 6.11. The summed E-state index contributed by atoms with van der Waals surface area (Å²) in [5, 5.41) is 10.2. The maximum absolute atomic E-state index is 13.7. The molecule has 3 aromatic rings. The third kappa shape index (κ3) is 4.13. The number of nitrogens with one attached hydrogen (secondary N) is 2. The van der Waals surface area contributed by atoms with Crippen molar-refractivity contribution in [2.24, 2.45) is 5.73 Å². The molecule has 6 N–H and O–H groups in total. The van der Waals surface area contributed by atoms with E-state index in [9.17, 15) is 14.0 Å². The second kappa shape index (κ2) is 8.43. The Morgan fingerprint density at radius 3 is 2.44 bits per heavy atom. The molecule has 0 aliphatic heterocycles. The Labute approximate surface area is 159 Å². The first-order chi connectivity index (χ1) is 11.9. The molecule has 0 fully saturated rings. The molecule has 7 nitrogen and oxygen atoms in total. The summed E-state index contributed by atoms with van der Waals surface area (Å²) in [6, 6.07) is 10.7. The van der Waals surface area contributed by atoms with Gasteiger partial charge in [0, 0.05) is 17.0 Å². The number of hydrogen-bond acceptors (Lipinski definition) is 3. The molecule has 0 saturated heterocycles. The van der Waals surface area contributed by atoms with E-state index in [1.807, 2.05) is 0 Å². The number of carbonyl (C=O) groups excluding carboxylic acids is 1. The molecular weight excluding hydrogens is 375 g/mol. The second-order valence-corrected chi connectivity index (χ2v) is 5.56. The van der Waals surface area contributed by atoms with Gasteiger partial charge in [0.15, 0.2) is 5.96 Å². The minimum absolute atomic E-state index is 0. The van der Waals surface area contributed by atoms with Gasteiger partial charge < -0.3 is 11.2 Å². The summed E-state index contributed by atoms with van der Waals surface area (Å²) in [5.74, 6) is -1.62. The number of aromatic nitrogens is 1. The van der Waals surface area contributed by atoms with Crippen molar-refractivity contribution in [2.45, 2.75) is 6.92 Å². The average Bonchev–Trinajstić information content (AvgIpc) is 2.57. The molecule has 0 saturated carbocycles. The van der Waals surface area contributed by atoms with E-state index >= 15 is 0 Å². The van der Waals surface area contributed by atoms with Crippen molar-refractivity contribution in [2.75, 3.05) is 0 Å². The van der Waals surface area contributed by atoms with Gasteiger partial charge in [-0.05, 0) is 30.7 Å². The van der Waals surface area contributed by atoms with Gasteiger partial charge in [-0.2, -0.15) is 0 Å². The van der Waals surface area contributed by atoms with Crippen LogP contribution in [0.3, 0.4) is 0 Å². The molecule has 0 bridgehead atoms. The van der Waals surface area contributed by atoms with Crippen LogP contribution in [0.2, 0.25) is 0 Å². The van der Waals surface area contributed by atoms with E-state index in [1.165, 1.54) is 22.9 Å². The highest BCUT2D eigenvalue weighted by atomic mass is 35.5. The fourth-order valence-electron chi connectivity index (χ4n) is 2.68. The molecule has 0 atom stereocenters. The number of amides is 1. The highest BCUT2D eigenvalue weighted by Crippen LogP contribution is 2.20. The zero-order chi connectivity index (χ0) is 18.1. The number of halogens is 2. The highest BCUT2D eigenvalue weighted by Gasteiger charge is 2.17. The first-order valence-electron chi connectivity index (χ1n) is 7.45. The van der Waals surface area contributed by atoms with Gasteiger partial charge in [0.1, 0.15) is 5.82 Å². The molecule has 1 amide bonds. The number of guanidine groups is 1. The maximum atomic E-state index is 13.7. The molecule has 9 heteroatoms. The standard InChI is InChI=1S/C18H15FN4O2.ClH.H2O/c1-10-6-7-11(19)8-15(10)23-9-14(16(24)22-18(20)21)12-4-2-3-5-13(12)17(23)25;;/h2-9H,1H3,(H4,20,21,22,24);1H;1H2. The van der Waals surface area contributed by atoms with Gasteiger partial charge >= 0.3 is 0 Å². The number of benzene rings is 2. The third-order valence-corrected chi connectivity index (χ3v) is 3.85. The van der Waals surface area contributed by atoms with Crippen LogP contribution in [0.5, 0.6) is 0 Å². The second-order valence-electron chi connectivity index (χ2n) is 5.56. The largest absolute Gasteiger partial charge is 0.412 e. The van der Waals surface area contributed by atoms with Crippen molar-refractivity contribution in [1.82, 2.24) is 9.88 Å². The van der Waals surface area contributed by atoms with Crippen molar-refractivity contribution < 1.29 is 14.7 Å². The molecule has 0 radical (unpaired) electrons. The van der Waals surface area contributed by atoms with Crippen LogP contribution in [0.1, 0.15) is 15.9 Å². The Bertz CT molecular complexity index is 1080. The van der Waals surface area contributed by atoms with E-state index in [4.69, 9.17) is 11.1 Å². The summed E-state index contributed by atoms with van der Waals surface area (Å²) in [4.78, 5) is 25.2. The lowest BCUT2D eigenvalue weighted by atomic mass is 10.1. The first-order valence-corrected chi connectivity index (χ1v) is 7.45. The van der Waals surface area contributed by atoms with E-state index < -0.39 is 17.7 Å². The van der Waals surface area contributed by atoms with Crippen LogP contribution in [0.25, 0.3) is 16.5 Å². The van der Waals surface area contributed by atoms with Gasteiger partial charge in [0.2, 0.25) is 0 Å². The van der Waals surface area contributed by atoms with E-state index in [1.54, 1.807) is 37.3 Å². The quantitative estimate of drug-likeness (QED) is 0.452. The summed E-state index contributed by atoms with van der Waals surface area (Å²) in [6.07, 6.45) is 1.34. The fourth-order valence-corrected chi connectivity index (χ4v) is 2.68. The topological polar surface area (TPSA) is 132 Å². The van der Waals surface area contributed by atoms with Crippen molar-refractivity contribution in [1.29, 1.82) is 5.41 Å². The first kappa shape index (κ1) is 21.8. The molecule has 0 aliphatic rings. The van der Waals surface area contributed by atoms with Crippen LogP contribution in [-0.2, 0) is 0 Å². The van der Waals surface area contributed by atoms with Crippen LogP contribution in [0, 0.1) is 18.2 Å². The van der Waals surface area contributed by atoms with Crippen molar-refractivity contribution >= 4 is 35.0 Å².